The Morgan fingerprint density at radius 2 is 1.59 bits per heavy atom. The number of hydrogen-bond acceptors (Lipinski definition) is 2. The maximum Gasteiger partial charge on any atom is 0.471 e. The van der Waals surface area contributed by atoms with E-state index in [-0.39, 0.29) is 0 Å². The van der Waals surface area contributed by atoms with Gasteiger partial charge < -0.3 is 10.2 Å². The number of rotatable bonds is 2. The summed E-state index contributed by atoms with van der Waals surface area (Å²) in [5.74, 6) is -2.52. The molecular formula is C10H15F3N2O2. The summed E-state index contributed by atoms with van der Waals surface area (Å²) in [5, 5.41) is 1.58. The summed E-state index contributed by atoms with van der Waals surface area (Å²) in [6.45, 7) is 0.528. The van der Waals surface area contributed by atoms with Crippen molar-refractivity contribution in [3.05, 3.63) is 0 Å². The van der Waals surface area contributed by atoms with E-state index in [4.69, 9.17) is 0 Å². The van der Waals surface area contributed by atoms with E-state index >= 15 is 0 Å². The number of carbonyl (C=O) groups is 2. The van der Waals surface area contributed by atoms with Gasteiger partial charge in [-0.25, -0.2) is 0 Å². The van der Waals surface area contributed by atoms with Crippen LogP contribution in [-0.4, -0.2) is 42.5 Å². The van der Waals surface area contributed by atoms with Gasteiger partial charge in [0.25, 0.3) is 0 Å². The third kappa shape index (κ3) is 4.62. The predicted molar refractivity (Wildman–Crippen MR) is 54.1 cm³/mol. The zero-order chi connectivity index (χ0) is 12.9. The molecule has 1 fully saturated rings. The van der Waals surface area contributed by atoms with E-state index < -0.39 is 24.5 Å². The molecule has 2 amide bonds. The number of alkyl halides is 3. The predicted octanol–water partition coefficient (Wildman–Crippen LogP) is 1.07. The van der Waals surface area contributed by atoms with Gasteiger partial charge in [-0.1, -0.05) is 12.8 Å². The standard InChI is InChI=1S/C10H15F3N2O2/c11-10(12,13)9(17)14-7-8(16)15-5-3-1-2-4-6-15/h1-7H2,(H,14,17). The molecule has 1 N–H and O–H groups in total. The summed E-state index contributed by atoms with van der Waals surface area (Å²) in [5.41, 5.74) is 0. The Kier molecular flexibility index (Phi) is 4.77. The van der Waals surface area contributed by atoms with Gasteiger partial charge in [0.1, 0.15) is 0 Å². The molecule has 1 rings (SSSR count). The zero-order valence-electron chi connectivity index (χ0n) is 9.35. The lowest BCUT2D eigenvalue weighted by molar-refractivity contribution is -0.174. The molecule has 0 atom stereocenters. The minimum atomic E-state index is -4.93. The lowest BCUT2D eigenvalue weighted by Gasteiger charge is -2.20. The van der Waals surface area contributed by atoms with E-state index in [0.29, 0.717) is 13.1 Å². The Morgan fingerprint density at radius 1 is 1.06 bits per heavy atom. The molecular weight excluding hydrogens is 237 g/mol. The molecule has 0 saturated carbocycles. The molecule has 7 heteroatoms. The molecule has 0 unspecified atom stereocenters. The first-order chi connectivity index (χ1) is 7.91. The van der Waals surface area contributed by atoms with Crippen molar-refractivity contribution in [2.24, 2.45) is 0 Å². The smallest absolute Gasteiger partial charge is 0.341 e. The Labute approximate surface area is 97.1 Å². The fourth-order valence-electron chi connectivity index (χ4n) is 1.69. The van der Waals surface area contributed by atoms with E-state index in [1.54, 1.807) is 5.32 Å². The van der Waals surface area contributed by atoms with Gasteiger partial charge >= 0.3 is 12.1 Å². The summed E-state index contributed by atoms with van der Waals surface area (Å²) in [6.07, 6.45) is -1.16. The highest BCUT2D eigenvalue weighted by molar-refractivity contribution is 5.87. The molecule has 98 valence electrons. The monoisotopic (exact) mass is 252 g/mol. The number of hydrogen-bond donors (Lipinski definition) is 1. The van der Waals surface area contributed by atoms with Gasteiger partial charge in [-0.15, -0.1) is 0 Å². The molecule has 1 aliphatic heterocycles. The van der Waals surface area contributed by atoms with E-state index in [1.807, 2.05) is 0 Å². The second-order valence-electron chi connectivity index (χ2n) is 3.98. The maximum absolute atomic E-state index is 11.9. The van der Waals surface area contributed by atoms with Crippen molar-refractivity contribution in [2.45, 2.75) is 31.9 Å². The number of likely N-dealkylation sites (tertiary alicyclic amines) is 1. The minimum absolute atomic E-state index is 0.454. The molecule has 1 saturated heterocycles. The van der Waals surface area contributed by atoms with Gasteiger partial charge in [-0.3, -0.25) is 9.59 Å². The molecule has 1 heterocycles. The summed E-state index contributed by atoms with van der Waals surface area (Å²) in [6, 6.07) is 0. The fraction of sp³-hybridized carbons (Fsp3) is 0.800. The topological polar surface area (TPSA) is 49.4 Å². The number of nitrogens with one attached hydrogen (secondary N) is 1. The third-order valence-electron chi connectivity index (χ3n) is 2.62. The number of nitrogens with zero attached hydrogens (tertiary/aromatic N) is 1. The number of halogens is 3. The average Bonchev–Trinajstić information content (AvgIpc) is 2.52. The van der Waals surface area contributed by atoms with Crippen molar-refractivity contribution in [2.75, 3.05) is 19.6 Å². The number of amides is 2. The van der Waals surface area contributed by atoms with Crippen LogP contribution in [0, 0.1) is 0 Å². The van der Waals surface area contributed by atoms with Gasteiger partial charge in [-0.2, -0.15) is 13.2 Å². The first kappa shape index (κ1) is 13.8. The van der Waals surface area contributed by atoms with Crippen LogP contribution in [0.1, 0.15) is 25.7 Å². The Bertz CT molecular complexity index is 284. The van der Waals surface area contributed by atoms with E-state index in [1.165, 1.54) is 4.90 Å². The van der Waals surface area contributed by atoms with Crippen LogP contribution in [0.3, 0.4) is 0 Å². The molecule has 0 radical (unpaired) electrons. The minimum Gasteiger partial charge on any atom is -0.341 e. The molecule has 0 aromatic heterocycles. The molecule has 0 bridgehead atoms. The van der Waals surface area contributed by atoms with Crippen LogP contribution >= 0.6 is 0 Å². The van der Waals surface area contributed by atoms with Crippen molar-refractivity contribution in [1.29, 1.82) is 0 Å². The Balaban J connectivity index is 2.36. The second-order valence-corrected chi connectivity index (χ2v) is 3.98. The lowest BCUT2D eigenvalue weighted by atomic mass is 10.2. The summed E-state index contributed by atoms with van der Waals surface area (Å²) < 4.78 is 35.6. The maximum atomic E-state index is 11.9. The van der Waals surface area contributed by atoms with Gasteiger partial charge in [0.2, 0.25) is 5.91 Å². The van der Waals surface area contributed by atoms with Gasteiger partial charge in [0, 0.05) is 13.1 Å². The van der Waals surface area contributed by atoms with Gasteiger partial charge in [-0.05, 0) is 12.8 Å². The van der Waals surface area contributed by atoms with Crippen LogP contribution in [0.5, 0.6) is 0 Å². The van der Waals surface area contributed by atoms with Gasteiger partial charge in [0.15, 0.2) is 0 Å². The van der Waals surface area contributed by atoms with Crippen LogP contribution in [0.15, 0.2) is 0 Å². The Hall–Kier alpha value is -1.27. The molecule has 0 aromatic rings. The van der Waals surface area contributed by atoms with E-state index in [9.17, 15) is 22.8 Å². The molecule has 17 heavy (non-hydrogen) atoms. The van der Waals surface area contributed by atoms with Crippen LogP contribution in [-0.2, 0) is 9.59 Å². The summed E-state index contributed by atoms with van der Waals surface area (Å²) >= 11 is 0. The van der Waals surface area contributed by atoms with E-state index in [2.05, 4.69) is 0 Å². The lowest BCUT2D eigenvalue weighted by Crippen LogP contribution is -2.44. The third-order valence-corrected chi connectivity index (χ3v) is 2.62. The summed E-state index contributed by atoms with van der Waals surface area (Å²) in [4.78, 5) is 23.5. The first-order valence-corrected chi connectivity index (χ1v) is 5.54. The van der Waals surface area contributed by atoms with Crippen molar-refractivity contribution >= 4 is 11.8 Å². The molecule has 0 aliphatic carbocycles. The van der Waals surface area contributed by atoms with Crippen molar-refractivity contribution in [1.82, 2.24) is 10.2 Å². The largest absolute Gasteiger partial charge is 0.471 e. The second kappa shape index (κ2) is 5.88. The highest BCUT2D eigenvalue weighted by atomic mass is 19.4. The first-order valence-electron chi connectivity index (χ1n) is 5.54. The van der Waals surface area contributed by atoms with Crippen molar-refractivity contribution in [3.8, 4) is 0 Å². The van der Waals surface area contributed by atoms with E-state index in [0.717, 1.165) is 25.7 Å². The number of carbonyl (C=O) groups excluding carboxylic acids is 2. The van der Waals surface area contributed by atoms with Crippen LogP contribution in [0.2, 0.25) is 0 Å². The fourth-order valence-corrected chi connectivity index (χ4v) is 1.69. The molecule has 4 nitrogen and oxygen atoms in total. The quantitative estimate of drug-likeness (QED) is 0.799. The molecule has 0 spiro atoms. The summed E-state index contributed by atoms with van der Waals surface area (Å²) in [7, 11) is 0. The van der Waals surface area contributed by atoms with Crippen LogP contribution in [0.25, 0.3) is 0 Å². The van der Waals surface area contributed by atoms with Crippen molar-refractivity contribution < 1.29 is 22.8 Å². The van der Waals surface area contributed by atoms with Crippen LogP contribution < -0.4 is 5.32 Å². The average molecular weight is 252 g/mol. The highest BCUT2D eigenvalue weighted by Gasteiger charge is 2.38. The highest BCUT2D eigenvalue weighted by Crippen LogP contribution is 2.14. The molecule has 1 aliphatic rings. The van der Waals surface area contributed by atoms with Gasteiger partial charge in [0.05, 0.1) is 6.54 Å². The normalized spacial score (nSPS) is 17.5. The van der Waals surface area contributed by atoms with Crippen LogP contribution in [0.4, 0.5) is 13.2 Å². The molecule has 0 aromatic carbocycles. The van der Waals surface area contributed by atoms with Crippen molar-refractivity contribution in [3.63, 3.8) is 0 Å². The zero-order valence-corrected chi connectivity index (χ0v) is 9.35. The SMILES string of the molecule is O=C(CNC(=O)C(F)(F)F)N1CCCCCC1. The Morgan fingerprint density at radius 3 is 2.06 bits per heavy atom.